The van der Waals surface area contributed by atoms with Gasteiger partial charge in [0.15, 0.2) is 0 Å². The number of carbonyl (C=O) groups is 1. The molecule has 0 aliphatic carbocycles. The van der Waals surface area contributed by atoms with Crippen LogP contribution in [0.1, 0.15) is 16.7 Å². The summed E-state index contributed by atoms with van der Waals surface area (Å²) in [4.78, 5) is 12.0. The molecule has 2 amide bonds. The Morgan fingerprint density at radius 1 is 1.08 bits per heavy atom. The van der Waals surface area contributed by atoms with Gasteiger partial charge in [-0.05, 0) is 49.6 Å². The lowest BCUT2D eigenvalue weighted by molar-refractivity contribution is 0.247. The molecule has 0 aliphatic rings. The number of aryl methyl sites for hydroxylation is 3. The summed E-state index contributed by atoms with van der Waals surface area (Å²) in [6.45, 7) is 6.80. The van der Waals surface area contributed by atoms with E-state index in [1.807, 2.05) is 57.2 Å². The molecule has 24 heavy (non-hydrogen) atoms. The third-order valence-corrected chi connectivity index (χ3v) is 3.65. The van der Waals surface area contributed by atoms with Gasteiger partial charge in [-0.15, -0.1) is 0 Å². The molecule has 2 rings (SSSR count). The first-order valence-electron chi connectivity index (χ1n) is 7.89. The van der Waals surface area contributed by atoms with E-state index >= 15 is 0 Å². The molecule has 2 N–H and O–H groups in total. The maximum atomic E-state index is 12.0. The van der Waals surface area contributed by atoms with Gasteiger partial charge in [0.05, 0.1) is 19.3 Å². The first-order chi connectivity index (χ1) is 11.5. The molecule has 0 radical (unpaired) electrons. The molecule has 0 aromatic heterocycles. The van der Waals surface area contributed by atoms with Crippen LogP contribution in [0.2, 0.25) is 0 Å². The molecule has 5 heteroatoms. The fourth-order valence-electron chi connectivity index (χ4n) is 2.41. The minimum atomic E-state index is -0.290. The number of hydrogen-bond acceptors (Lipinski definition) is 3. The maximum Gasteiger partial charge on any atom is 0.319 e. The quantitative estimate of drug-likeness (QED) is 0.793. The zero-order chi connectivity index (χ0) is 17.5. The Morgan fingerprint density at radius 2 is 1.79 bits per heavy atom. The molecule has 0 saturated carbocycles. The van der Waals surface area contributed by atoms with Gasteiger partial charge in [-0.25, -0.2) is 4.79 Å². The van der Waals surface area contributed by atoms with E-state index < -0.39 is 0 Å². The molecular weight excluding hydrogens is 304 g/mol. The number of para-hydroxylation sites is 1. The van der Waals surface area contributed by atoms with Crippen LogP contribution < -0.4 is 20.1 Å². The van der Waals surface area contributed by atoms with E-state index in [-0.39, 0.29) is 6.03 Å². The SMILES string of the molecule is COc1cc(C)ccc1NC(=O)NCCOc1c(C)cccc1C. The van der Waals surface area contributed by atoms with E-state index in [1.165, 1.54) is 0 Å². The molecule has 2 aromatic carbocycles. The molecule has 5 nitrogen and oxygen atoms in total. The summed E-state index contributed by atoms with van der Waals surface area (Å²) in [5, 5.41) is 5.56. The summed E-state index contributed by atoms with van der Waals surface area (Å²) in [6, 6.07) is 11.3. The van der Waals surface area contributed by atoms with Gasteiger partial charge in [0, 0.05) is 0 Å². The van der Waals surface area contributed by atoms with E-state index in [4.69, 9.17) is 9.47 Å². The summed E-state index contributed by atoms with van der Waals surface area (Å²) in [7, 11) is 1.58. The fourth-order valence-corrected chi connectivity index (χ4v) is 2.41. The van der Waals surface area contributed by atoms with Crippen molar-refractivity contribution in [1.29, 1.82) is 0 Å². The van der Waals surface area contributed by atoms with E-state index in [9.17, 15) is 4.79 Å². The Hall–Kier alpha value is -2.69. The van der Waals surface area contributed by atoms with Crippen molar-refractivity contribution in [1.82, 2.24) is 5.32 Å². The van der Waals surface area contributed by atoms with Crippen LogP contribution >= 0.6 is 0 Å². The Kier molecular flexibility index (Phi) is 6.07. The van der Waals surface area contributed by atoms with Crippen molar-refractivity contribution in [3.8, 4) is 11.5 Å². The summed E-state index contributed by atoms with van der Waals surface area (Å²) in [5.41, 5.74) is 3.88. The van der Waals surface area contributed by atoms with Crippen LogP contribution in [0.25, 0.3) is 0 Å². The number of benzene rings is 2. The summed E-state index contributed by atoms with van der Waals surface area (Å²) in [5.74, 6) is 1.51. The molecule has 0 atom stereocenters. The zero-order valence-electron chi connectivity index (χ0n) is 14.6. The number of carbonyl (C=O) groups excluding carboxylic acids is 1. The molecule has 128 valence electrons. The lowest BCUT2D eigenvalue weighted by Gasteiger charge is -2.14. The van der Waals surface area contributed by atoms with Crippen LogP contribution in [-0.2, 0) is 0 Å². The van der Waals surface area contributed by atoms with Crippen molar-refractivity contribution in [2.24, 2.45) is 0 Å². The molecule has 0 heterocycles. The van der Waals surface area contributed by atoms with Crippen molar-refractivity contribution in [3.05, 3.63) is 53.1 Å². The molecule has 0 bridgehead atoms. The standard InChI is InChI=1S/C19H24N2O3/c1-13-8-9-16(17(12-13)23-4)21-19(22)20-10-11-24-18-14(2)6-5-7-15(18)3/h5-9,12H,10-11H2,1-4H3,(H2,20,21,22). The van der Waals surface area contributed by atoms with Crippen LogP contribution in [0.5, 0.6) is 11.5 Å². The van der Waals surface area contributed by atoms with Crippen LogP contribution in [-0.4, -0.2) is 26.3 Å². The summed E-state index contributed by atoms with van der Waals surface area (Å²) < 4.78 is 11.0. The average molecular weight is 328 g/mol. The molecule has 2 aromatic rings. The zero-order valence-corrected chi connectivity index (χ0v) is 14.6. The van der Waals surface area contributed by atoms with Gasteiger partial charge in [-0.2, -0.15) is 0 Å². The minimum Gasteiger partial charge on any atom is -0.495 e. The molecule has 0 unspecified atom stereocenters. The number of urea groups is 1. The highest BCUT2D eigenvalue weighted by atomic mass is 16.5. The Morgan fingerprint density at radius 3 is 2.46 bits per heavy atom. The van der Waals surface area contributed by atoms with Crippen LogP contribution in [0.15, 0.2) is 36.4 Å². The first kappa shape index (κ1) is 17.7. The van der Waals surface area contributed by atoms with E-state index in [0.29, 0.717) is 24.6 Å². The summed E-state index contributed by atoms with van der Waals surface area (Å²) in [6.07, 6.45) is 0. The van der Waals surface area contributed by atoms with Crippen molar-refractivity contribution in [2.45, 2.75) is 20.8 Å². The molecule has 0 aliphatic heterocycles. The lowest BCUT2D eigenvalue weighted by atomic mass is 10.1. The van der Waals surface area contributed by atoms with Gasteiger partial charge in [-0.1, -0.05) is 24.3 Å². The highest BCUT2D eigenvalue weighted by molar-refractivity contribution is 5.90. The highest BCUT2D eigenvalue weighted by Crippen LogP contribution is 2.25. The van der Waals surface area contributed by atoms with Crippen molar-refractivity contribution < 1.29 is 14.3 Å². The third kappa shape index (κ3) is 4.65. The summed E-state index contributed by atoms with van der Waals surface area (Å²) >= 11 is 0. The normalized spacial score (nSPS) is 10.2. The first-order valence-corrected chi connectivity index (χ1v) is 7.89. The van der Waals surface area contributed by atoms with Gasteiger partial charge < -0.3 is 20.1 Å². The Balaban J connectivity index is 1.82. The predicted molar refractivity (Wildman–Crippen MR) is 96.2 cm³/mol. The van der Waals surface area contributed by atoms with Crippen LogP contribution in [0.4, 0.5) is 10.5 Å². The second kappa shape index (κ2) is 8.24. The Labute approximate surface area is 143 Å². The number of nitrogens with one attached hydrogen (secondary N) is 2. The largest absolute Gasteiger partial charge is 0.495 e. The number of ether oxygens (including phenoxy) is 2. The van der Waals surface area contributed by atoms with E-state index in [0.717, 1.165) is 22.4 Å². The smallest absolute Gasteiger partial charge is 0.319 e. The number of hydrogen-bond donors (Lipinski definition) is 2. The Bertz CT molecular complexity index is 694. The topological polar surface area (TPSA) is 59.6 Å². The second-order valence-corrected chi connectivity index (χ2v) is 5.65. The van der Waals surface area contributed by atoms with Gasteiger partial charge in [0.25, 0.3) is 0 Å². The van der Waals surface area contributed by atoms with Gasteiger partial charge >= 0.3 is 6.03 Å². The number of anilines is 1. The van der Waals surface area contributed by atoms with Gasteiger partial charge in [-0.3, -0.25) is 0 Å². The van der Waals surface area contributed by atoms with E-state index in [2.05, 4.69) is 10.6 Å². The number of amides is 2. The van der Waals surface area contributed by atoms with Crippen LogP contribution in [0, 0.1) is 20.8 Å². The molecular formula is C19H24N2O3. The lowest BCUT2D eigenvalue weighted by Crippen LogP contribution is -2.32. The molecule has 0 spiro atoms. The van der Waals surface area contributed by atoms with Crippen molar-refractivity contribution in [3.63, 3.8) is 0 Å². The maximum absolute atomic E-state index is 12.0. The van der Waals surface area contributed by atoms with Crippen molar-refractivity contribution >= 4 is 11.7 Å². The van der Waals surface area contributed by atoms with E-state index in [1.54, 1.807) is 7.11 Å². The highest BCUT2D eigenvalue weighted by Gasteiger charge is 2.08. The second-order valence-electron chi connectivity index (χ2n) is 5.65. The molecule has 0 saturated heterocycles. The average Bonchev–Trinajstić information content (AvgIpc) is 2.55. The van der Waals surface area contributed by atoms with Crippen molar-refractivity contribution in [2.75, 3.05) is 25.6 Å². The number of rotatable bonds is 6. The van der Waals surface area contributed by atoms with Gasteiger partial charge in [0.2, 0.25) is 0 Å². The monoisotopic (exact) mass is 328 g/mol. The third-order valence-electron chi connectivity index (χ3n) is 3.65. The predicted octanol–water partition coefficient (Wildman–Crippen LogP) is 3.82. The molecule has 0 fully saturated rings. The van der Waals surface area contributed by atoms with Gasteiger partial charge in [0.1, 0.15) is 18.1 Å². The minimum absolute atomic E-state index is 0.290. The number of methoxy groups -OCH3 is 1. The fraction of sp³-hybridized carbons (Fsp3) is 0.316. The van der Waals surface area contributed by atoms with Crippen LogP contribution in [0.3, 0.4) is 0 Å².